The normalized spacial score (nSPS) is 19.9. The molecule has 1 aromatic carbocycles. The van der Waals surface area contributed by atoms with Crippen molar-refractivity contribution in [2.75, 3.05) is 18.9 Å². The molecule has 0 atom stereocenters. The van der Waals surface area contributed by atoms with Gasteiger partial charge in [0, 0.05) is 37.9 Å². The molecule has 2 aliphatic heterocycles. The zero-order valence-electron chi connectivity index (χ0n) is 10.4. The lowest BCUT2D eigenvalue weighted by Crippen LogP contribution is -2.35. The molecule has 96 valence electrons. The molecule has 4 nitrogen and oxygen atoms in total. The van der Waals surface area contributed by atoms with Crippen molar-refractivity contribution in [1.82, 2.24) is 4.90 Å². The molecule has 0 unspecified atom stereocenters. The van der Waals surface area contributed by atoms with Crippen molar-refractivity contribution in [2.45, 2.75) is 25.9 Å². The molecule has 2 N–H and O–H groups in total. The van der Waals surface area contributed by atoms with Crippen molar-refractivity contribution in [3.05, 3.63) is 29.3 Å². The molecule has 4 heteroatoms. The average molecular weight is 246 g/mol. The largest absolute Gasteiger partial charge is 0.399 e. The van der Waals surface area contributed by atoms with Crippen LogP contribution in [0.5, 0.6) is 0 Å². The Kier molecular flexibility index (Phi) is 2.96. The number of amides is 1. The van der Waals surface area contributed by atoms with Crippen LogP contribution in [0.15, 0.2) is 18.2 Å². The SMILES string of the molecule is Nc1ccc2c(c1)CN(C(=O)C1CCOCC1)C2. The van der Waals surface area contributed by atoms with E-state index in [0.29, 0.717) is 19.8 Å². The number of hydrogen-bond acceptors (Lipinski definition) is 3. The van der Waals surface area contributed by atoms with Crippen molar-refractivity contribution in [3.8, 4) is 0 Å². The summed E-state index contributed by atoms with van der Waals surface area (Å²) >= 11 is 0. The van der Waals surface area contributed by atoms with Crippen molar-refractivity contribution in [1.29, 1.82) is 0 Å². The van der Waals surface area contributed by atoms with Crippen molar-refractivity contribution >= 4 is 11.6 Å². The summed E-state index contributed by atoms with van der Waals surface area (Å²) in [6.45, 7) is 2.86. The summed E-state index contributed by atoms with van der Waals surface area (Å²) in [7, 11) is 0. The quantitative estimate of drug-likeness (QED) is 0.765. The molecular formula is C14H18N2O2. The molecule has 1 aromatic rings. The highest BCUT2D eigenvalue weighted by molar-refractivity contribution is 5.79. The predicted octanol–water partition coefficient (Wildman–Crippen LogP) is 1.54. The molecule has 1 fully saturated rings. The number of carbonyl (C=O) groups is 1. The van der Waals surface area contributed by atoms with Gasteiger partial charge in [0.15, 0.2) is 0 Å². The topological polar surface area (TPSA) is 55.6 Å². The number of ether oxygens (including phenoxy) is 1. The molecule has 18 heavy (non-hydrogen) atoms. The van der Waals surface area contributed by atoms with E-state index >= 15 is 0 Å². The number of carbonyl (C=O) groups excluding carboxylic acids is 1. The number of benzene rings is 1. The zero-order chi connectivity index (χ0) is 12.5. The molecule has 3 rings (SSSR count). The highest BCUT2D eigenvalue weighted by Gasteiger charge is 2.30. The van der Waals surface area contributed by atoms with Gasteiger partial charge in [0.05, 0.1) is 0 Å². The summed E-state index contributed by atoms with van der Waals surface area (Å²) in [6.07, 6.45) is 1.71. The van der Waals surface area contributed by atoms with Gasteiger partial charge in [-0.2, -0.15) is 0 Å². The van der Waals surface area contributed by atoms with Gasteiger partial charge in [-0.1, -0.05) is 6.07 Å². The van der Waals surface area contributed by atoms with E-state index in [0.717, 1.165) is 25.1 Å². The molecule has 2 aliphatic rings. The molecular weight excluding hydrogens is 228 g/mol. The van der Waals surface area contributed by atoms with Crippen LogP contribution in [-0.4, -0.2) is 24.0 Å². The summed E-state index contributed by atoms with van der Waals surface area (Å²) in [5.41, 5.74) is 8.96. The van der Waals surface area contributed by atoms with Gasteiger partial charge in [-0.3, -0.25) is 4.79 Å². The number of hydrogen-bond donors (Lipinski definition) is 1. The van der Waals surface area contributed by atoms with Crippen molar-refractivity contribution in [3.63, 3.8) is 0 Å². The van der Waals surface area contributed by atoms with E-state index in [-0.39, 0.29) is 11.8 Å². The maximum absolute atomic E-state index is 12.4. The lowest BCUT2D eigenvalue weighted by atomic mass is 9.99. The van der Waals surface area contributed by atoms with Crippen LogP contribution in [-0.2, 0) is 22.6 Å². The Labute approximate surface area is 107 Å². The number of fused-ring (bicyclic) bond motifs is 1. The fraction of sp³-hybridized carbons (Fsp3) is 0.500. The monoisotopic (exact) mass is 246 g/mol. The van der Waals surface area contributed by atoms with Crippen LogP contribution in [0.4, 0.5) is 5.69 Å². The van der Waals surface area contributed by atoms with E-state index in [1.807, 2.05) is 23.1 Å². The predicted molar refractivity (Wildman–Crippen MR) is 68.7 cm³/mol. The van der Waals surface area contributed by atoms with Gasteiger partial charge in [-0.05, 0) is 36.1 Å². The van der Waals surface area contributed by atoms with Gasteiger partial charge in [-0.25, -0.2) is 0 Å². The van der Waals surface area contributed by atoms with E-state index in [2.05, 4.69) is 0 Å². The Bertz CT molecular complexity index is 467. The first-order valence-electron chi connectivity index (χ1n) is 6.48. The highest BCUT2D eigenvalue weighted by Crippen LogP contribution is 2.28. The smallest absolute Gasteiger partial charge is 0.226 e. The van der Waals surface area contributed by atoms with E-state index < -0.39 is 0 Å². The van der Waals surface area contributed by atoms with Crippen molar-refractivity contribution in [2.24, 2.45) is 5.92 Å². The van der Waals surface area contributed by atoms with E-state index in [1.165, 1.54) is 11.1 Å². The lowest BCUT2D eigenvalue weighted by Gasteiger charge is -2.26. The van der Waals surface area contributed by atoms with Gasteiger partial charge in [0.25, 0.3) is 0 Å². The Hall–Kier alpha value is -1.55. The standard InChI is InChI=1S/C14H18N2O2/c15-13-2-1-11-8-16(9-12(11)7-13)14(17)10-3-5-18-6-4-10/h1-2,7,10H,3-6,8-9,15H2. The number of rotatable bonds is 1. The van der Waals surface area contributed by atoms with Crippen molar-refractivity contribution < 1.29 is 9.53 Å². The molecule has 0 aromatic heterocycles. The minimum Gasteiger partial charge on any atom is -0.399 e. The van der Waals surface area contributed by atoms with Crippen LogP contribution in [0.3, 0.4) is 0 Å². The second-order valence-corrected chi connectivity index (χ2v) is 5.11. The fourth-order valence-electron chi connectivity index (χ4n) is 2.77. The number of nitrogen functional groups attached to an aromatic ring is 1. The molecule has 1 saturated heterocycles. The minimum atomic E-state index is 0.144. The Balaban J connectivity index is 1.71. The van der Waals surface area contributed by atoms with Crippen LogP contribution in [0.1, 0.15) is 24.0 Å². The average Bonchev–Trinajstić information content (AvgIpc) is 2.81. The minimum absolute atomic E-state index is 0.144. The molecule has 0 aliphatic carbocycles. The Morgan fingerprint density at radius 3 is 2.72 bits per heavy atom. The summed E-state index contributed by atoms with van der Waals surface area (Å²) < 4.78 is 5.30. The number of nitrogens with zero attached hydrogens (tertiary/aromatic N) is 1. The molecule has 1 amide bonds. The number of anilines is 1. The zero-order valence-corrected chi connectivity index (χ0v) is 10.4. The first-order valence-corrected chi connectivity index (χ1v) is 6.48. The maximum atomic E-state index is 12.4. The summed E-state index contributed by atoms with van der Waals surface area (Å²) in [6, 6.07) is 5.91. The summed E-state index contributed by atoms with van der Waals surface area (Å²) in [5.74, 6) is 0.415. The summed E-state index contributed by atoms with van der Waals surface area (Å²) in [4.78, 5) is 14.3. The van der Waals surface area contributed by atoms with Crippen LogP contribution in [0, 0.1) is 5.92 Å². The van der Waals surface area contributed by atoms with Gasteiger partial charge < -0.3 is 15.4 Å². The lowest BCUT2D eigenvalue weighted by molar-refractivity contribution is -0.139. The summed E-state index contributed by atoms with van der Waals surface area (Å²) in [5, 5.41) is 0. The molecule has 0 radical (unpaired) electrons. The first-order chi connectivity index (χ1) is 8.74. The maximum Gasteiger partial charge on any atom is 0.226 e. The third-order valence-electron chi connectivity index (χ3n) is 3.83. The van der Waals surface area contributed by atoms with Crippen LogP contribution in [0.2, 0.25) is 0 Å². The Morgan fingerprint density at radius 2 is 1.94 bits per heavy atom. The molecule has 2 heterocycles. The van der Waals surface area contributed by atoms with E-state index in [4.69, 9.17) is 10.5 Å². The van der Waals surface area contributed by atoms with E-state index in [9.17, 15) is 4.79 Å². The fourth-order valence-corrected chi connectivity index (χ4v) is 2.77. The van der Waals surface area contributed by atoms with Crippen LogP contribution < -0.4 is 5.73 Å². The second kappa shape index (κ2) is 4.61. The second-order valence-electron chi connectivity index (χ2n) is 5.11. The third-order valence-corrected chi connectivity index (χ3v) is 3.83. The van der Waals surface area contributed by atoms with Gasteiger partial charge >= 0.3 is 0 Å². The molecule has 0 spiro atoms. The van der Waals surface area contributed by atoms with Gasteiger partial charge in [0.2, 0.25) is 5.91 Å². The van der Waals surface area contributed by atoms with Gasteiger partial charge in [-0.15, -0.1) is 0 Å². The Morgan fingerprint density at radius 1 is 1.22 bits per heavy atom. The van der Waals surface area contributed by atoms with Gasteiger partial charge in [0.1, 0.15) is 0 Å². The highest BCUT2D eigenvalue weighted by atomic mass is 16.5. The molecule has 0 saturated carbocycles. The van der Waals surface area contributed by atoms with Crippen LogP contribution in [0.25, 0.3) is 0 Å². The van der Waals surface area contributed by atoms with E-state index in [1.54, 1.807) is 0 Å². The molecule has 0 bridgehead atoms. The van der Waals surface area contributed by atoms with Crippen LogP contribution >= 0.6 is 0 Å². The first kappa shape index (κ1) is 11.5. The third kappa shape index (κ3) is 2.08. The number of nitrogens with two attached hydrogens (primary N) is 1.